The molecule has 0 spiro atoms. The van der Waals surface area contributed by atoms with Crippen LogP contribution in [0.5, 0.6) is 5.75 Å². The average Bonchev–Trinajstić information content (AvgIpc) is 2.48. The molecule has 0 aliphatic carbocycles. The Hall–Kier alpha value is -2.15. The molecule has 1 heterocycles. The molecule has 7 nitrogen and oxygen atoms in total. The molecular formula is C14H19N3O4. The summed E-state index contributed by atoms with van der Waals surface area (Å²) >= 11 is 0. The lowest BCUT2D eigenvalue weighted by Gasteiger charge is -2.30. The van der Waals surface area contributed by atoms with Gasteiger partial charge in [-0.25, -0.2) is 0 Å². The van der Waals surface area contributed by atoms with E-state index in [9.17, 15) is 14.9 Å². The van der Waals surface area contributed by atoms with Gasteiger partial charge in [0.25, 0.3) is 11.6 Å². The summed E-state index contributed by atoms with van der Waals surface area (Å²) in [5.41, 5.74) is -0.193. The smallest absolute Gasteiger partial charge is 0.282 e. The summed E-state index contributed by atoms with van der Waals surface area (Å²) < 4.78 is 5.04. The van der Waals surface area contributed by atoms with E-state index in [2.05, 4.69) is 10.6 Å². The lowest BCUT2D eigenvalue weighted by Crippen LogP contribution is -2.51. The number of carbonyl (C=O) groups excluding carboxylic acids is 1. The molecular weight excluding hydrogens is 274 g/mol. The number of rotatable bonds is 4. The third kappa shape index (κ3) is 3.49. The van der Waals surface area contributed by atoms with E-state index in [-0.39, 0.29) is 23.3 Å². The summed E-state index contributed by atoms with van der Waals surface area (Å²) in [4.78, 5) is 22.8. The van der Waals surface area contributed by atoms with Crippen LogP contribution in [-0.2, 0) is 0 Å². The molecule has 7 heteroatoms. The minimum atomic E-state index is -0.559. The zero-order chi connectivity index (χ0) is 15.4. The highest BCUT2D eigenvalue weighted by Gasteiger charge is 2.26. The van der Waals surface area contributed by atoms with Crippen molar-refractivity contribution in [3.8, 4) is 5.75 Å². The lowest BCUT2D eigenvalue weighted by atomic mass is 9.99. The number of hydrogen-bond donors (Lipinski definition) is 2. The summed E-state index contributed by atoms with van der Waals surface area (Å²) in [6, 6.07) is 4.27. The molecule has 2 N–H and O–H groups in total. The van der Waals surface area contributed by atoms with Gasteiger partial charge in [-0.15, -0.1) is 0 Å². The largest absolute Gasteiger partial charge is 0.497 e. The van der Waals surface area contributed by atoms with Crippen molar-refractivity contribution >= 4 is 11.6 Å². The molecule has 1 aromatic rings. The lowest BCUT2D eigenvalue weighted by molar-refractivity contribution is -0.385. The molecule has 0 aromatic heterocycles. The average molecular weight is 293 g/mol. The molecule has 21 heavy (non-hydrogen) atoms. The second-order valence-corrected chi connectivity index (χ2v) is 5.11. The van der Waals surface area contributed by atoms with Crippen LogP contribution in [-0.4, -0.2) is 36.6 Å². The molecule has 0 saturated carbocycles. The van der Waals surface area contributed by atoms with E-state index in [4.69, 9.17) is 4.74 Å². The zero-order valence-corrected chi connectivity index (χ0v) is 12.1. The highest BCUT2D eigenvalue weighted by molar-refractivity contribution is 5.98. The van der Waals surface area contributed by atoms with Crippen molar-refractivity contribution in [2.24, 2.45) is 0 Å². The zero-order valence-electron chi connectivity index (χ0n) is 12.1. The highest BCUT2D eigenvalue weighted by Crippen LogP contribution is 2.24. The van der Waals surface area contributed by atoms with Gasteiger partial charge in [-0.3, -0.25) is 14.9 Å². The van der Waals surface area contributed by atoms with Crippen molar-refractivity contribution in [1.29, 1.82) is 0 Å². The number of ether oxygens (including phenoxy) is 1. The molecule has 1 aliphatic heterocycles. The molecule has 1 fully saturated rings. The van der Waals surface area contributed by atoms with Gasteiger partial charge in [0, 0.05) is 18.2 Å². The highest BCUT2D eigenvalue weighted by atomic mass is 16.6. The number of piperidine rings is 1. The van der Waals surface area contributed by atoms with Gasteiger partial charge in [-0.2, -0.15) is 0 Å². The maximum atomic E-state index is 12.4. The van der Waals surface area contributed by atoms with E-state index in [1.54, 1.807) is 0 Å². The van der Waals surface area contributed by atoms with Gasteiger partial charge in [0.2, 0.25) is 0 Å². The van der Waals surface area contributed by atoms with Gasteiger partial charge < -0.3 is 15.4 Å². The minimum Gasteiger partial charge on any atom is -0.497 e. The Bertz CT molecular complexity index is 547. The topological polar surface area (TPSA) is 93.5 Å². The van der Waals surface area contributed by atoms with Crippen LogP contribution in [0.15, 0.2) is 18.2 Å². The fraction of sp³-hybridized carbons (Fsp3) is 0.500. The number of nitrogens with one attached hydrogen (secondary N) is 2. The van der Waals surface area contributed by atoms with Crippen LogP contribution in [0.2, 0.25) is 0 Å². The first-order valence-electron chi connectivity index (χ1n) is 6.89. The predicted octanol–water partition coefficient (Wildman–Crippen LogP) is 1.47. The standard InChI is InChI=1S/C14H19N3O4/c1-9-12(4-3-7-15-9)16-14(18)11-8-10(21-2)5-6-13(11)17(19)20/h5-6,8-9,12,15H,3-4,7H2,1-2H3,(H,16,18). The number of benzene rings is 1. The molecule has 1 aromatic carbocycles. The van der Waals surface area contributed by atoms with E-state index < -0.39 is 10.8 Å². The van der Waals surface area contributed by atoms with Gasteiger partial charge in [0.15, 0.2) is 0 Å². The second-order valence-electron chi connectivity index (χ2n) is 5.11. The molecule has 0 bridgehead atoms. The molecule has 1 amide bonds. The Balaban J connectivity index is 2.22. The van der Waals surface area contributed by atoms with Crippen molar-refractivity contribution in [1.82, 2.24) is 10.6 Å². The van der Waals surface area contributed by atoms with Crippen molar-refractivity contribution < 1.29 is 14.5 Å². The number of methoxy groups -OCH3 is 1. The van der Waals surface area contributed by atoms with Crippen LogP contribution in [0.4, 0.5) is 5.69 Å². The number of hydrogen-bond acceptors (Lipinski definition) is 5. The van der Waals surface area contributed by atoms with Crippen LogP contribution in [0.25, 0.3) is 0 Å². The van der Waals surface area contributed by atoms with E-state index in [1.165, 1.54) is 25.3 Å². The summed E-state index contributed by atoms with van der Waals surface area (Å²) in [6.45, 7) is 2.91. The molecule has 0 radical (unpaired) electrons. The first kappa shape index (κ1) is 15.2. The quantitative estimate of drug-likeness (QED) is 0.647. The molecule has 114 valence electrons. The number of carbonyl (C=O) groups is 1. The van der Waals surface area contributed by atoms with Crippen molar-refractivity contribution in [2.75, 3.05) is 13.7 Å². The maximum Gasteiger partial charge on any atom is 0.282 e. The van der Waals surface area contributed by atoms with Crippen LogP contribution >= 0.6 is 0 Å². The molecule has 2 rings (SSSR count). The van der Waals surface area contributed by atoms with E-state index in [1.807, 2.05) is 6.92 Å². The van der Waals surface area contributed by atoms with Gasteiger partial charge in [0.1, 0.15) is 11.3 Å². The number of amides is 1. The van der Waals surface area contributed by atoms with Gasteiger partial charge in [-0.1, -0.05) is 0 Å². The van der Waals surface area contributed by atoms with Gasteiger partial charge >= 0.3 is 0 Å². The Morgan fingerprint density at radius 2 is 2.29 bits per heavy atom. The summed E-state index contributed by atoms with van der Waals surface area (Å²) in [5, 5.41) is 17.2. The van der Waals surface area contributed by atoms with E-state index >= 15 is 0 Å². The molecule has 2 unspecified atom stereocenters. The molecule has 2 atom stereocenters. The van der Waals surface area contributed by atoms with Crippen LogP contribution < -0.4 is 15.4 Å². The Morgan fingerprint density at radius 1 is 1.52 bits per heavy atom. The van der Waals surface area contributed by atoms with Crippen LogP contribution in [0.1, 0.15) is 30.1 Å². The first-order valence-corrected chi connectivity index (χ1v) is 6.89. The van der Waals surface area contributed by atoms with E-state index in [0.29, 0.717) is 5.75 Å². The minimum absolute atomic E-state index is 0.0251. The fourth-order valence-corrected chi connectivity index (χ4v) is 2.47. The molecule has 1 saturated heterocycles. The third-order valence-corrected chi connectivity index (χ3v) is 3.72. The Morgan fingerprint density at radius 3 is 2.90 bits per heavy atom. The fourth-order valence-electron chi connectivity index (χ4n) is 2.47. The van der Waals surface area contributed by atoms with Crippen molar-refractivity contribution in [3.63, 3.8) is 0 Å². The van der Waals surface area contributed by atoms with E-state index in [0.717, 1.165) is 19.4 Å². The summed E-state index contributed by atoms with van der Waals surface area (Å²) in [5.74, 6) is -0.0262. The monoisotopic (exact) mass is 293 g/mol. The number of nitro benzene ring substituents is 1. The summed E-state index contributed by atoms with van der Waals surface area (Å²) in [7, 11) is 1.45. The first-order chi connectivity index (χ1) is 10.0. The SMILES string of the molecule is COc1ccc([N+](=O)[O-])c(C(=O)NC2CCCNC2C)c1. The van der Waals surface area contributed by atoms with Crippen LogP contribution in [0, 0.1) is 10.1 Å². The Labute approximate surface area is 122 Å². The summed E-state index contributed by atoms with van der Waals surface area (Å²) in [6.07, 6.45) is 1.83. The third-order valence-electron chi connectivity index (χ3n) is 3.72. The van der Waals surface area contributed by atoms with Crippen LogP contribution in [0.3, 0.4) is 0 Å². The van der Waals surface area contributed by atoms with Crippen molar-refractivity contribution in [3.05, 3.63) is 33.9 Å². The maximum absolute atomic E-state index is 12.4. The number of nitrogens with zero attached hydrogens (tertiary/aromatic N) is 1. The van der Waals surface area contributed by atoms with Gasteiger partial charge in [-0.05, 0) is 38.4 Å². The normalized spacial score (nSPS) is 21.6. The molecule has 1 aliphatic rings. The predicted molar refractivity (Wildman–Crippen MR) is 77.6 cm³/mol. The van der Waals surface area contributed by atoms with Gasteiger partial charge in [0.05, 0.1) is 12.0 Å². The van der Waals surface area contributed by atoms with Crippen molar-refractivity contribution in [2.45, 2.75) is 31.8 Å². The Kier molecular flexibility index (Phi) is 4.74. The number of nitro groups is 1. The second kappa shape index (κ2) is 6.53.